The zero-order chi connectivity index (χ0) is 20.4. The van der Waals surface area contributed by atoms with Crippen molar-refractivity contribution in [1.29, 1.82) is 5.26 Å². The molecule has 142 valence electrons. The molecule has 0 aliphatic rings. The van der Waals surface area contributed by atoms with Gasteiger partial charge in [-0.1, -0.05) is 30.0 Å². The molecule has 28 heavy (non-hydrogen) atoms. The molecule has 0 bridgehead atoms. The van der Waals surface area contributed by atoms with E-state index in [0.717, 1.165) is 17.7 Å². The lowest BCUT2D eigenvalue weighted by molar-refractivity contribution is -0.137. The summed E-state index contributed by atoms with van der Waals surface area (Å²) < 4.78 is 43.0. The molecule has 0 aliphatic heterocycles. The first-order valence-corrected chi connectivity index (χ1v) is 8.10. The number of carbonyl (C=O) groups is 1. The highest BCUT2D eigenvalue weighted by Gasteiger charge is 2.30. The van der Waals surface area contributed by atoms with Crippen molar-refractivity contribution < 1.29 is 22.7 Å². The number of hydrogen-bond acceptors (Lipinski definition) is 3. The Morgan fingerprint density at radius 2 is 1.93 bits per heavy atom. The van der Waals surface area contributed by atoms with Crippen LogP contribution in [0.3, 0.4) is 0 Å². The lowest BCUT2D eigenvalue weighted by Gasteiger charge is -2.05. The number of hydrogen-bond donors (Lipinski definition) is 1. The van der Waals surface area contributed by atoms with E-state index in [1.165, 1.54) is 18.2 Å². The second-order valence-corrected chi connectivity index (χ2v) is 5.45. The number of alkyl halides is 3. The minimum absolute atomic E-state index is 0.000354. The number of amides is 1. The van der Waals surface area contributed by atoms with Crippen LogP contribution in [-0.4, -0.2) is 19.1 Å². The molecule has 0 spiro atoms. The Hall–Kier alpha value is -3.71. The van der Waals surface area contributed by atoms with E-state index in [1.54, 1.807) is 30.3 Å². The predicted octanol–water partition coefficient (Wildman–Crippen LogP) is 3.79. The van der Waals surface area contributed by atoms with Crippen molar-refractivity contribution in [3.63, 3.8) is 0 Å². The Morgan fingerprint density at radius 1 is 1.18 bits per heavy atom. The number of carbonyl (C=O) groups excluding carboxylic acids is 1. The van der Waals surface area contributed by atoms with Crippen molar-refractivity contribution >= 4 is 12.0 Å². The Labute approximate surface area is 160 Å². The third-order valence-corrected chi connectivity index (χ3v) is 3.38. The highest BCUT2D eigenvalue weighted by Crippen LogP contribution is 2.29. The van der Waals surface area contributed by atoms with E-state index < -0.39 is 11.7 Å². The average Bonchev–Trinajstić information content (AvgIpc) is 2.68. The van der Waals surface area contributed by atoms with Crippen molar-refractivity contribution in [2.24, 2.45) is 0 Å². The maximum Gasteiger partial charge on any atom is 0.416 e. The van der Waals surface area contributed by atoms with E-state index in [-0.39, 0.29) is 24.6 Å². The lowest BCUT2D eigenvalue weighted by Crippen LogP contribution is -2.20. The summed E-state index contributed by atoms with van der Waals surface area (Å²) in [6, 6.07) is 13.3. The maximum absolute atomic E-state index is 12.6. The number of nitrogens with one attached hydrogen (secondary N) is 1. The number of nitrogens with zero attached hydrogens (tertiary/aromatic N) is 1. The molecule has 0 heterocycles. The molecule has 2 aromatic rings. The van der Waals surface area contributed by atoms with Gasteiger partial charge in [0.05, 0.1) is 12.1 Å². The zero-order valence-electron chi connectivity index (χ0n) is 14.6. The fourth-order valence-electron chi connectivity index (χ4n) is 2.07. The molecule has 2 rings (SSSR count). The molecule has 1 amide bonds. The first-order chi connectivity index (χ1) is 13.4. The van der Waals surface area contributed by atoms with Gasteiger partial charge >= 0.3 is 6.18 Å². The standard InChI is InChI=1S/C21H15F3N2O2/c22-21(23,24)18-5-1-3-17(15-18)4-2-13-26-20(27)11-8-16-6-9-19(10-7-16)28-14-12-25/h1,3,5-11,15H,13-14H2,(H,26,27)/b11-8+. The SMILES string of the molecule is N#CCOc1ccc(/C=C/C(=O)NCC#Cc2cccc(C(F)(F)F)c2)cc1. The van der Waals surface area contributed by atoms with Crippen LogP contribution in [0, 0.1) is 23.2 Å². The van der Waals surface area contributed by atoms with Gasteiger partial charge in [-0.25, -0.2) is 0 Å². The summed E-state index contributed by atoms with van der Waals surface area (Å²) in [6.07, 6.45) is -1.52. The van der Waals surface area contributed by atoms with Crippen molar-refractivity contribution in [1.82, 2.24) is 5.32 Å². The summed E-state index contributed by atoms with van der Waals surface area (Å²) in [4.78, 5) is 11.7. The van der Waals surface area contributed by atoms with Crippen LogP contribution >= 0.6 is 0 Å². The fraction of sp³-hybridized carbons (Fsp3) is 0.143. The van der Waals surface area contributed by atoms with Gasteiger partial charge < -0.3 is 10.1 Å². The lowest BCUT2D eigenvalue weighted by atomic mass is 10.1. The topological polar surface area (TPSA) is 62.1 Å². The van der Waals surface area contributed by atoms with Crippen molar-refractivity contribution in [3.8, 4) is 23.7 Å². The molecule has 0 saturated carbocycles. The van der Waals surface area contributed by atoms with Crippen LogP contribution in [0.5, 0.6) is 5.75 Å². The highest BCUT2D eigenvalue weighted by molar-refractivity contribution is 5.91. The van der Waals surface area contributed by atoms with Crippen molar-refractivity contribution in [2.75, 3.05) is 13.2 Å². The third kappa shape index (κ3) is 6.89. The van der Waals surface area contributed by atoms with E-state index in [9.17, 15) is 18.0 Å². The van der Waals surface area contributed by atoms with E-state index in [2.05, 4.69) is 17.2 Å². The Morgan fingerprint density at radius 3 is 2.61 bits per heavy atom. The summed E-state index contributed by atoms with van der Waals surface area (Å²) in [5.41, 5.74) is 0.211. The van der Waals surface area contributed by atoms with Crippen LogP contribution in [-0.2, 0) is 11.0 Å². The molecule has 0 aliphatic carbocycles. The van der Waals surface area contributed by atoms with E-state index in [1.807, 2.05) is 6.07 Å². The average molecular weight is 384 g/mol. The van der Waals surface area contributed by atoms with Gasteiger partial charge in [0.25, 0.3) is 0 Å². The molecular weight excluding hydrogens is 369 g/mol. The van der Waals surface area contributed by atoms with Gasteiger partial charge in [-0.3, -0.25) is 4.79 Å². The largest absolute Gasteiger partial charge is 0.479 e. The molecular formula is C21H15F3N2O2. The molecule has 4 nitrogen and oxygen atoms in total. The maximum atomic E-state index is 12.6. The van der Waals surface area contributed by atoms with E-state index in [4.69, 9.17) is 10.00 Å². The first kappa shape index (κ1) is 20.6. The molecule has 2 aromatic carbocycles. The summed E-state index contributed by atoms with van der Waals surface area (Å²) in [7, 11) is 0. The Kier molecular flexibility index (Phi) is 7.24. The van der Waals surface area contributed by atoms with E-state index in [0.29, 0.717) is 5.75 Å². The summed E-state index contributed by atoms with van der Waals surface area (Å²) >= 11 is 0. The molecule has 0 aromatic heterocycles. The van der Waals surface area contributed by atoms with Crippen LogP contribution in [0.25, 0.3) is 6.08 Å². The summed E-state index contributed by atoms with van der Waals surface area (Å²) in [5.74, 6) is 5.36. The summed E-state index contributed by atoms with van der Waals surface area (Å²) in [5, 5.41) is 11.0. The smallest absolute Gasteiger partial charge is 0.416 e. The van der Waals surface area contributed by atoms with Gasteiger partial charge in [0, 0.05) is 11.6 Å². The van der Waals surface area contributed by atoms with Crippen molar-refractivity contribution in [3.05, 3.63) is 71.3 Å². The van der Waals surface area contributed by atoms with Gasteiger partial charge in [0.15, 0.2) is 6.61 Å². The van der Waals surface area contributed by atoms with Gasteiger partial charge in [-0.05, 0) is 42.0 Å². The van der Waals surface area contributed by atoms with Crippen molar-refractivity contribution in [2.45, 2.75) is 6.18 Å². The van der Waals surface area contributed by atoms with Gasteiger partial charge in [-0.2, -0.15) is 18.4 Å². The van der Waals surface area contributed by atoms with Crippen LogP contribution < -0.4 is 10.1 Å². The van der Waals surface area contributed by atoms with Crippen LogP contribution in [0.1, 0.15) is 16.7 Å². The van der Waals surface area contributed by atoms with Crippen LogP contribution in [0.2, 0.25) is 0 Å². The second-order valence-electron chi connectivity index (χ2n) is 5.45. The molecule has 0 atom stereocenters. The Balaban J connectivity index is 1.84. The monoisotopic (exact) mass is 384 g/mol. The van der Waals surface area contributed by atoms with Gasteiger partial charge in [-0.15, -0.1) is 0 Å². The molecule has 7 heteroatoms. The summed E-state index contributed by atoms with van der Waals surface area (Å²) in [6.45, 7) is -0.0422. The normalized spacial score (nSPS) is 10.6. The second kappa shape index (κ2) is 9.84. The molecule has 1 N–H and O–H groups in total. The van der Waals surface area contributed by atoms with Crippen LogP contribution in [0.15, 0.2) is 54.6 Å². The number of ether oxygens (including phenoxy) is 1. The van der Waals surface area contributed by atoms with Gasteiger partial charge in [0.2, 0.25) is 5.91 Å². The first-order valence-electron chi connectivity index (χ1n) is 8.10. The predicted molar refractivity (Wildman–Crippen MR) is 97.9 cm³/mol. The van der Waals surface area contributed by atoms with Gasteiger partial charge in [0.1, 0.15) is 11.8 Å². The number of benzene rings is 2. The van der Waals surface area contributed by atoms with Crippen LogP contribution in [0.4, 0.5) is 13.2 Å². The minimum Gasteiger partial charge on any atom is -0.479 e. The minimum atomic E-state index is -4.42. The molecule has 0 fully saturated rings. The molecule has 0 saturated heterocycles. The highest BCUT2D eigenvalue weighted by atomic mass is 19.4. The quantitative estimate of drug-likeness (QED) is 0.630. The number of nitriles is 1. The molecule has 0 radical (unpaired) electrons. The van der Waals surface area contributed by atoms with E-state index >= 15 is 0 Å². The third-order valence-electron chi connectivity index (χ3n) is 3.38. The number of halogens is 3. The zero-order valence-corrected chi connectivity index (χ0v) is 14.6. The fourth-order valence-corrected chi connectivity index (χ4v) is 2.07. The Bertz CT molecular complexity index is 947. The number of rotatable bonds is 5. The molecule has 0 unspecified atom stereocenters.